The van der Waals surface area contributed by atoms with Gasteiger partial charge in [-0.25, -0.2) is 0 Å². The zero-order chi connectivity index (χ0) is 20.6. The van der Waals surface area contributed by atoms with Gasteiger partial charge in [-0.1, -0.05) is 53.9 Å². The fourth-order valence-corrected chi connectivity index (χ4v) is 10.6. The predicted octanol–water partition coefficient (Wildman–Crippen LogP) is 7.73. The zero-order valence-electron chi connectivity index (χ0n) is 20.3. The molecule has 5 fully saturated rings. The summed E-state index contributed by atoms with van der Waals surface area (Å²) in [6.45, 7) is 12.8. The van der Waals surface area contributed by atoms with Gasteiger partial charge in [0, 0.05) is 12.5 Å². The minimum atomic E-state index is 0.561. The maximum Gasteiger partial charge on any atom is 0.0638 e. The topological polar surface area (TPSA) is 9.23 Å². The first-order valence-corrected chi connectivity index (χ1v) is 13.3. The summed E-state index contributed by atoms with van der Waals surface area (Å²) < 4.78 is 6.30. The lowest BCUT2D eigenvalue weighted by Gasteiger charge is -2.61. The minimum absolute atomic E-state index is 0.561. The van der Waals surface area contributed by atoms with Crippen LogP contribution in [0.5, 0.6) is 0 Å². The molecular weight excluding hydrogens is 352 g/mol. The standard InChI is InChI=1S/C28H48O/c1-18(2)8-7-9-19(3)22-10-11-23-21-16-25(29-6)28-17-20(28)12-15-27(28,5)24(21)13-14-26(22,23)4/h18-25H,7-17H2,1-6H3/t19-,20+,21+,22-,23+,24+,25-,26-,27-,28+/m1/s1. The Morgan fingerprint density at radius 2 is 1.72 bits per heavy atom. The third-order valence-corrected chi connectivity index (χ3v) is 12.0. The first-order chi connectivity index (χ1) is 13.8. The molecule has 0 unspecified atom stereocenters. The Kier molecular flexibility index (Phi) is 5.02. The highest BCUT2D eigenvalue weighted by molar-refractivity contribution is 5.26. The molecule has 0 N–H and O–H groups in total. The zero-order valence-corrected chi connectivity index (χ0v) is 20.3. The molecule has 166 valence electrons. The maximum atomic E-state index is 6.30. The molecule has 1 spiro atoms. The fraction of sp³-hybridized carbons (Fsp3) is 1.00. The number of methoxy groups -OCH3 is 1. The summed E-state index contributed by atoms with van der Waals surface area (Å²) in [4.78, 5) is 0. The number of ether oxygens (including phenoxy) is 1. The average molecular weight is 401 g/mol. The quantitative estimate of drug-likeness (QED) is 0.443. The summed E-state index contributed by atoms with van der Waals surface area (Å²) in [5.74, 6) is 6.68. The van der Waals surface area contributed by atoms with E-state index in [1.54, 1.807) is 0 Å². The van der Waals surface area contributed by atoms with Crippen LogP contribution in [0.3, 0.4) is 0 Å². The summed E-state index contributed by atoms with van der Waals surface area (Å²) >= 11 is 0. The molecule has 5 aliphatic carbocycles. The number of hydrogen-bond donors (Lipinski definition) is 0. The summed E-state index contributed by atoms with van der Waals surface area (Å²) in [5, 5.41) is 0. The molecule has 0 heterocycles. The second kappa shape index (κ2) is 6.98. The van der Waals surface area contributed by atoms with Gasteiger partial charge < -0.3 is 4.74 Å². The van der Waals surface area contributed by atoms with Crippen LogP contribution in [0.15, 0.2) is 0 Å². The lowest BCUT2D eigenvalue weighted by Crippen LogP contribution is -2.57. The summed E-state index contributed by atoms with van der Waals surface area (Å²) in [6.07, 6.45) is 16.8. The van der Waals surface area contributed by atoms with Crippen LogP contribution in [0.25, 0.3) is 0 Å². The SMILES string of the molecule is CO[C@@H]1C[C@H]2[C@@H]3CC[C@H]([C@H](C)CCCC(C)C)[C@@]3(C)CC[C@@H]2[C@@]2(C)CC[C@H]3C[C@]312. The second-order valence-electron chi connectivity index (χ2n) is 13.3. The highest BCUT2D eigenvalue weighted by Gasteiger charge is 2.77. The van der Waals surface area contributed by atoms with Crippen LogP contribution in [0, 0.1) is 57.7 Å². The first-order valence-electron chi connectivity index (χ1n) is 13.3. The van der Waals surface area contributed by atoms with Crippen molar-refractivity contribution >= 4 is 0 Å². The Labute approximate surface area is 181 Å². The van der Waals surface area contributed by atoms with E-state index < -0.39 is 0 Å². The normalized spacial score (nSPS) is 53.9. The third kappa shape index (κ3) is 2.74. The Balaban J connectivity index is 1.35. The average Bonchev–Trinajstić information content (AvgIpc) is 3.18. The molecule has 0 aromatic carbocycles. The van der Waals surface area contributed by atoms with Crippen LogP contribution < -0.4 is 0 Å². The van der Waals surface area contributed by atoms with E-state index in [1.807, 2.05) is 7.11 Å². The molecule has 0 aliphatic heterocycles. The molecule has 0 saturated heterocycles. The van der Waals surface area contributed by atoms with Crippen molar-refractivity contribution in [2.24, 2.45) is 57.7 Å². The molecule has 10 atom stereocenters. The molecule has 0 aromatic rings. The van der Waals surface area contributed by atoms with Gasteiger partial charge in [0.1, 0.15) is 0 Å². The summed E-state index contributed by atoms with van der Waals surface area (Å²) in [6, 6.07) is 0. The van der Waals surface area contributed by atoms with Gasteiger partial charge in [0.15, 0.2) is 0 Å². The number of rotatable bonds is 6. The molecule has 1 nitrogen and oxygen atoms in total. The Morgan fingerprint density at radius 1 is 0.931 bits per heavy atom. The van der Waals surface area contributed by atoms with Crippen LogP contribution >= 0.6 is 0 Å². The van der Waals surface area contributed by atoms with Crippen molar-refractivity contribution in [3.63, 3.8) is 0 Å². The fourth-order valence-electron chi connectivity index (χ4n) is 10.6. The first kappa shape index (κ1) is 20.8. The number of fused-ring (bicyclic) bond motifs is 4. The van der Waals surface area contributed by atoms with E-state index in [-0.39, 0.29) is 0 Å². The highest BCUT2D eigenvalue weighted by Crippen LogP contribution is 2.82. The minimum Gasteiger partial charge on any atom is -0.381 e. The largest absolute Gasteiger partial charge is 0.381 e. The van der Waals surface area contributed by atoms with Crippen molar-refractivity contribution in [3.8, 4) is 0 Å². The lowest BCUT2D eigenvalue weighted by atomic mass is 9.45. The van der Waals surface area contributed by atoms with Crippen molar-refractivity contribution in [3.05, 3.63) is 0 Å². The number of hydrogen-bond acceptors (Lipinski definition) is 1. The van der Waals surface area contributed by atoms with Gasteiger partial charge in [-0.05, 0) is 104 Å². The maximum absolute atomic E-state index is 6.30. The van der Waals surface area contributed by atoms with Crippen LogP contribution in [0.4, 0.5) is 0 Å². The lowest BCUT2D eigenvalue weighted by molar-refractivity contribution is -0.161. The molecule has 1 heteroatoms. The second-order valence-corrected chi connectivity index (χ2v) is 13.3. The van der Waals surface area contributed by atoms with Gasteiger partial charge in [-0.3, -0.25) is 0 Å². The van der Waals surface area contributed by atoms with Crippen LogP contribution in [-0.2, 0) is 4.74 Å². The molecular formula is C28H48O. The van der Waals surface area contributed by atoms with Crippen LogP contribution in [0.1, 0.15) is 105 Å². The smallest absolute Gasteiger partial charge is 0.0638 e. The van der Waals surface area contributed by atoms with E-state index in [1.165, 1.54) is 70.6 Å². The molecule has 0 radical (unpaired) electrons. The van der Waals surface area contributed by atoms with E-state index in [9.17, 15) is 0 Å². The molecule has 0 amide bonds. The van der Waals surface area contributed by atoms with Gasteiger partial charge in [0.05, 0.1) is 6.10 Å². The van der Waals surface area contributed by atoms with E-state index in [2.05, 4.69) is 34.6 Å². The van der Waals surface area contributed by atoms with Crippen LogP contribution in [0.2, 0.25) is 0 Å². The van der Waals surface area contributed by atoms with Gasteiger partial charge in [0.2, 0.25) is 0 Å². The molecule has 0 aromatic heterocycles. The van der Waals surface area contributed by atoms with E-state index in [4.69, 9.17) is 4.74 Å². The molecule has 29 heavy (non-hydrogen) atoms. The highest BCUT2D eigenvalue weighted by atomic mass is 16.5. The predicted molar refractivity (Wildman–Crippen MR) is 122 cm³/mol. The van der Waals surface area contributed by atoms with Gasteiger partial charge in [0.25, 0.3) is 0 Å². The van der Waals surface area contributed by atoms with E-state index in [0.29, 0.717) is 22.3 Å². The van der Waals surface area contributed by atoms with Crippen molar-refractivity contribution < 1.29 is 4.74 Å². The third-order valence-electron chi connectivity index (χ3n) is 12.0. The van der Waals surface area contributed by atoms with Crippen molar-refractivity contribution in [1.29, 1.82) is 0 Å². The van der Waals surface area contributed by atoms with Gasteiger partial charge in [-0.2, -0.15) is 0 Å². The van der Waals surface area contributed by atoms with Crippen LogP contribution in [-0.4, -0.2) is 13.2 Å². The van der Waals surface area contributed by atoms with E-state index >= 15 is 0 Å². The Bertz CT molecular complexity index is 626. The Morgan fingerprint density at radius 3 is 2.41 bits per heavy atom. The van der Waals surface area contributed by atoms with E-state index in [0.717, 1.165) is 41.4 Å². The Hall–Kier alpha value is -0.0400. The van der Waals surface area contributed by atoms with Crippen molar-refractivity contribution in [1.82, 2.24) is 0 Å². The summed E-state index contributed by atoms with van der Waals surface area (Å²) in [7, 11) is 2.03. The molecule has 0 bridgehead atoms. The van der Waals surface area contributed by atoms with Crippen molar-refractivity contribution in [2.75, 3.05) is 7.11 Å². The monoisotopic (exact) mass is 400 g/mol. The molecule has 5 saturated carbocycles. The summed E-state index contributed by atoms with van der Waals surface area (Å²) in [5.41, 5.74) is 1.78. The molecule has 5 aliphatic rings. The van der Waals surface area contributed by atoms with Gasteiger partial charge >= 0.3 is 0 Å². The molecule has 5 rings (SSSR count). The van der Waals surface area contributed by atoms with Crippen molar-refractivity contribution in [2.45, 2.75) is 111 Å². The van der Waals surface area contributed by atoms with Gasteiger partial charge in [-0.15, -0.1) is 0 Å².